The van der Waals surface area contributed by atoms with Crippen molar-refractivity contribution in [3.8, 4) is 5.75 Å². The van der Waals surface area contributed by atoms with Gasteiger partial charge in [0, 0.05) is 18.3 Å². The third kappa shape index (κ3) is 7.15. The zero-order valence-electron chi connectivity index (χ0n) is 19.3. The van der Waals surface area contributed by atoms with Crippen molar-refractivity contribution in [1.82, 2.24) is 0 Å². The summed E-state index contributed by atoms with van der Waals surface area (Å²) in [5.74, 6) is -1.65. The van der Waals surface area contributed by atoms with Crippen LogP contribution in [0.5, 0.6) is 5.75 Å². The molecule has 1 aromatic carbocycles. The number of aliphatic carboxylic acids is 1. The van der Waals surface area contributed by atoms with Gasteiger partial charge in [0.05, 0.1) is 30.4 Å². The van der Waals surface area contributed by atoms with E-state index in [-0.39, 0.29) is 41.2 Å². The molecule has 0 aromatic heterocycles. The van der Waals surface area contributed by atoms with Crippen molar-refractivity contribution < 1.29 is 38.7 Å². The predicted octanol–water partition coefficient (Wildman–Crippen LogP) is 3.84. The fourth-order valence-corrected chi connectivity index (χ4v) is 4.89. The zero-order chi connectivity index (χ0) is 24.7. The monoisotopic (exact) mass is 500 g/mol. The van der Waals surface area contributed by atoms with Crippen molar-refractivity contribution in [3.63, 3.8) is 0 Å². The maximum atomic E-state index is 13.9. The Morgan fingerprint density at radius 2 is 2.18 bits per heavy atom. The molecule has 9 heteroatoms. The fraction of sp³-hybridized carbons (Fsp3) is 0.640. The highest BCUT2D eigenvalue weighted by Gasteiger charge is 2.43. The third-order valence-corrected chi connectivity index (χ3v) is 6.88. The molecule has 3 rings (SSSR count). The molecular weight excluding hydrogens is 467 g/mol. The molecular formula is C25H34ClFO7. The summed E-state index contributed by atoms with van der Waals surface area (Å²) >= 11 is 5.74. The van der Waals surface area contributed by atoms with Crippen LogP contribution in [0.2, 0.25) is 5.02 Å². The highest BCUT2D eigenvalue weighted by Crippen LogP contribution is 2.41. The number of benzene rings is 1. The van der Waals surface area contributed by atoms with E-state index >= 15 is 0 Å². The molecule has 1 aliphatic heterocycles. The molecule has 0 spiro atoms. The van der Waals surface area contributed by atoms with Gasteiger partial charge in [0.15, 0.2) is 17.7 Å². The summed E-state index contributed by atoms with van der Waals surface area (Å²) in [6.07, 6.45) is 4.20. The number of rotatable bonds is 11. The topological polar surface area (TPSA) is 105 Å². The minimum absolute atomic E-state index is 0.0320. The van der Waals surface area contributed by atoms with Crippen LogP contribution in [0.4, 0.5) is 4.39 Å². The standard InChI is InChI=1S/C25H34ClFO7/c1-2-4-22(25(30)31)32-12-15-7-9-18-17(20(29)11-23(18)33-13-15)10-8-16(28)14-34-21-6-3-5-19(26)24(21)27/h3,5-6,8,10,15-18,20,22-23,28-29H,2,4,7,9,11-14H2,1H3,(H,30,31)/b10-8+/t15-,16+,17+,18+,20+,22?,23-/m0/s1. The Morgan fingerprint density at radius 1 is 1.38 bits per heavy atom. The van der Waals surface area contributed by atoms with Gasteiger partial charge in [-0.2, -0.15) is 0 Å². The van der Waals surface area contributed by atoms with Crippen LogP contribution < -0.4 is 4.74 Å². The normalized spacial score (nSPS) is 28.9. The second-order valence-corrected chi connectivity index (χ2v) is 9.53. The van der Waals surface area contributed by atoms with Gasteiger partial charge in [0.25, 0.3) is 0 Å². The van der Waals surface area contributed by atoms with E-state index < -0.39 is 30.1 Å². The molecule has 3 N–H and O–H groups in total. The minimum atomic E-state index is -0.982. The van der Waals surface area contributed by atoms with Crippen LogP contribution in [0.3, 0.4) is 0 Å². The van der Waals surface area contributed by atoms with Crippen molar-refractivity contribution in [3.05, 3.63) is 41.2 Å². The van der Waals surface area contributed by atoms with E-state index in [1.165, 1.54) is 12.1 Å². The molecule has 34 heavy (non-hydrogen) atoms. The van der Waals surface area contributed by atoms with Crippen LogP contribution in [0, 0.1) is 23.6 Å². The highest BCUT2D eigenvalue weighted by molar-refractivity contribution is 6.30. The van der Waals surface area contributed by atoms with Crippen molar-refractivity contribution >= 4 is 17.6 Å². The van der Waals surface area contributed by atoms with E-state index in [9.17, 15) is 24.5 Å². The maximum absolute atomic E-state index is 13.9. The van der Waals surface area contributed by atoms with Crippen LogP contribution in [0.15, 0.2) is 30.4 Å². The number of hydrogen-bond acceptors (Lipinski definition) is 6. The van der Waals surface area contributed by atoms with Crippen LogP contribution in [-0.2, 0) is 14.3 Å². The number of carbonyl (C=O) groups is 1. The van der Waals surface area contributed by atoms with Crippen molar-refractivity contribution in [2.24, 2.45) is 17.8 Å². The summed E-state index contributed by atoms with van der Waals surface area (Å²) < 4.78 is 31.0. The first-order chi connectivity index (χ1) is 16.3. The third-order valence-electron chi connectivity index (χ3n) is 6.58. The van der Waals surface area contributed by atoms with Crippen LogP contribution in [-0.4, -0.2) is 65.5 Å². The van der Waals surface area contributed by atoms with E-state index in [0.29, 0.717) is 26.1 Å². The second-order valence-electron chi connectivity index (χ2n) is 9.12. The Bertz CT molecular complexity index is 835. The lowest BCUT2D eigenvalue weighted by atomic mass is 9.87. The Kier molecular flexibility index (Phi) is 10.2. The smallest absolute Gasteiger partial charge is 0.332 e. The van der Waals surface area contributed by atoms with E-state index in [4.69, 9.17) is 25.8 Å². The second kappa shape index (κ2) is 12.8. The molecule has 0 radical (unpaired) electrons. The van der Waals surface area contributed by atoms with Gasteiger partial charge in [-0.3, -0.25) is 0 Å². The van der Waals surface area contributed by atoms with Gasteiger partial charge in [0.2, 0.25) is 0 Å². The number of hydrogen-bond donors (Lipinski definition) is 3. The summed E-state index contributed by atoms with van der Waals surface area (Å²) in [4.78, 5) is 11.3. The molecule has 1 aliphatic carbocycles. The van der Waals surface area contributed by atoms with Gasteiger partial charge in [-0.25, -0.2) is 9.18 Å². The quantitative estimate of drug-likeness (QED) is 0.396. The van der Waals surface area contributed by atoms with Crippen LogP contribution in [0.1, 0.15) is 39.0 Å². The SMILES string of the molecule is CCCC(OC[C@@H]1CC[C@@H]2[C@@H](/C=C/[C@@H](O)COc3cccc(Cl)c3F)[C@H](O)C[C@@H]2OC1)C(=O)O. The van der Waals surface area contributed by atoms with Gasteiger partial charge in [0.1, 0.15) is 12.7 Å². The summed E-state index contributed by atoms with van der Waals surface area (Å²) in [7, 11) is 0. The number of halogens is 2. The highest BCUT2D eigenvalue weighted by atomic mass is 35.5. The molecule has 1 aromatic rings. The minimum Gasteiger partial charge on any atom is -0.487 e. The van der Waals surface area contributed by atoms with Gasteiger partial charge in [-0.15, -0.1) is 0 Å². The molecule has 7 atom stereocenters. The molecule has 190 valence electrons. The number of ether oxygens (including phenoxy) is 3. The lowest BCUT2D eigenvalue weighted by molar-refractivity contribution is -0.152. The molecule has 1 saturated carbocycles. The Labute approximate surface area is 204 Å². The van der Waals surface area contributed by atoms with Crippen molar-refractivity contribution in [2.45, 2.75) is 63.4 Å². The largest absolute Gasteiger partial charge is 0.487 e. The Balaban J connectivity index is 1.51. The first-order valence-corrected chi connectivity index (χ1v) is 12.2. The number of aliphatic hydroxyl groups is 2. The van der Waals surface area contributed by atoms with E-state index in [0.717, 1.165) is 19.3 Å². The molecule has 1 saturated heterocycles. The van der Waals surface area contributed by atoms with Crippen molar-refractivity contribution in [2.75, 3.05) is 19.8 Å². The molecule has 0 bridgehead atoms. The van der Waals surface area contributed by atoms with Gasteiger partial charge in [-0.1, -0.05) is 43.2 Å². The number of carboxylic acid groups (broad SMARTS) is 1. The first-order valence-electron chi connectivity index (χ1n) is 11.9. The molecule has 1 unspecified atom stereocenters. The van der Waals surface area contributed by atoms with E-state index in [1.807, 2.05) is 6.92 Å². The number of carboxylic acids is 1. The van der Waals surface area contributed by atoms with E-state index in [1.54, 1.807) is 18.2 Å². The van der Waals surface area contributed by atoms with Gasteiger partial charge in [-0.05, 0) is 37.3 Å². The van der Waals surface area contributed by atoms with Crippen LogP contribution in [0.25, 0.3) is 0 Å². The fourth-order valence-electron chi connectivity index (χ4n) is 4.72. The van der Waals surface area contributed by atoms with Gasteiger partial charge < -0.3 is 29.5 Å². The number of aliphatic hydroxyl groups excluding tert-OH is 2. The summed E-state index contributed by atoms with van der Waals surface area (Å²) in [6, 6.07) is 4.42. The molecule has 2 fully saturated rings. The van der Waals surface area contributed by atoms with Gasteiger partial charge >= 0.3 is 5.97 Å². The lowest BCUT2D eigenvalue weighted by Gasteiger charge is -2.21. The first kappa shape index (κ1) is 26.9. The predicted molar refractivity (Wildman–Crippen MR) is 124 cm³/mol. The maximum Gasteiger partial charge on any atom is 0.332 e. The van der Waals surface area contributed by atoms with Crippen molar-refractivity contribution in [1.29, 1.82) is 0 Å². The Morgan fingerprint density at radius 3 is 2.91 bits per heavy atom. The van der Waals surface area contributed by atoms with E-state index in [2.05, 4.69) is 0 Å². The van der Waals surface area contributed by atoms with Crippen LogP contribution >= 0.6 is 11.6 Å². The molecule has 2 aliphatic rings. The summed E-state index contributed by atoms with van der Waals surface area (Å²) in [6.45, 7) is 2.57. The summed E-state index contributed by atoms with van der Waals surface area (Å²) in [5, 5.41) is 30.1. The lowest BCUT2D eigenvalue weighted by Crippen LogP contribution is -2.27. The zero-order valence-corrected chi connectivity index (χ0v) is 20.1. The average molecular weight is 501 g/mol. The average Bonchev–Trinajstić information content (AvgIpc) is 2.96. The number of fused-ring (bicyclic) bond motifs is 1. The molecule has 0 amide bonds. The molecule has 7 nitrogen and oxygen atoms in total. The molecule has 1 heterocycles. The summed E-state index contributed by atoms with van der Waals surface area (Å²) in [5.41, 5.74) is 0. The Hall–Kier alpha value is -1.71.